The summed E-state index contributed by atoms with van der Waals surface area (Å²) in [5.74, 6) is 0.283. The lowest BCUT2D eigenvalue weighted by Gasteiger charge is -2.47. The first-order valence-corrected chi connectivity index (χ1v) is 7.89. The number of ether oxygens (including phenoxy) is 2. The monoisotopic (exact) mass is 317 g/mol. The highest BCUT2D eigenvalue weighted by atomic mass is 16.5. The minimum absolute atomic E-state index is 0.0235. The zero-order valence-corrected chi connectivity index (χ0v) is 13.6. The minimum Gasteiger partial charge on any atom is -0.469 e. The second-order valence-electron chi connectivity index (χ2n) is 5.59. The van der Waals surface area contributed by atoms with E-state index in [1.54, 1.807) is 6.07 Å². The summed E-state index contributed by atoms with van der Waals surface area (Å²) < 4.78 is 11.0. The zero-order chi connectivity index (χ0) is 16.9. The number of carbonyl (C=O) groups excluding carboxylic acids is 2. The number of hydrogen-bond donors (Lipinski definition) is 1. The van der Waals surface area contributed by atoms with Crippen LogP contribution in [0, 0.1) is 5.41 Å². The summed E-state index contributed by atoms with van der Waals surface area (Å²) in [5, 5.41) is 2.81. The van der Waals surface area contributed by atoms with Gasteiger partial charge in [0, 0.05) is 5.56 Å². The van der Waals surface area contributed by atoms with Crippen molar-refractivity contribution in [2.45, 2.75) is 39.3 Å². The molecular weight excluding hydrogens is 294 g/mol. The van der Waals surface area contributed by atoms with E-state index in [4.69, 9.17) is 9.47 Å². The largest absolute Gasteiger partial charge is 0.469 e. The summed E-state index contributed by atoms with van der Waals surface area (Å²) in [5.41, 5.74) is 0.250. The van der Waals surface area contributed by atoms with Crippen LogP contribution in [0.15, 0.2) is 36.9 Å². The molecule has 1 aliphatic rings. The summed E-state index contributed by atoms with van der Waals surface area (Å²) in [6.07, 6.45) is 2.71. The van der Waals surface area contributed by atoms with Crippen LogP contribution in [0.4, 0.5) is 0 Å². The summed E-state index contributed by atoms with van der Waals surface area (Å²) in [7, 11) is 0. The Hall–Kier alpha value is -2.30. The molecule has 1 atom stereocenters. The third kappa shape index (κ3) is 3.38. The number of amides is 1. The molecular formula is C18H23NO4. The predicted octanol–water partition coefficient (Wildman–Crippen LogP) is 2.60. The van der Waals surface area contributed by atoms with E-state index in [1.807, 2.05) is 32.0 Å². The van der Waals surface area contributed by atoms with Crippen molar-refractivity contribution in [3.05, 3.63) is 42.5 Å². The Morgan fingerprint density at radius 1 is 1.35 bits per heavy atom. The molecule has 23 heavy (non-hydrogen) atoms. The van der Waals surface area contributed by atoms with Crippen molar-refractivity contribution in [1.82, 2.24) is 5.32 Å². The number of benzene rings is 1. The highest BCUT2D eigenvalue weighted by molar-refractivity contribution is 5.89. The molecule has 1 aliphatic heterocycles. The number of rotatable bonds is 8. The molecule has 0 saturated carbocycles. The van der Waals surface area contributed by atoms with Gasteiger partial charge < -0.3 is 14.8 Å². The minimum atomic E-state index is -0.490. The van der Waals surface area contributed by atoms with Gasteiger partial charge in [-0.2, -0.15) is 0 Å². The van der Waals surface area contributed by atoms with E-state index >= 15 is 0 Å². The van der Waals surface area contributed by atoms with Crippen LogP contribution in [0.1, 0.15) is 32.3 Å². The molecule has 5 heteroatoms. The first-order chi connectivity index (χ1) is 11.1. The zero-order valence-electron chi connectivity index (χ0n) is 13.6. The van der Waals surface area contributed by atoms with Crippen molar-refractivity contribution < 1.29 is 19.1 Å². The van der Waals surface area contributed by atoms with Crippen molar-refractivity contribution in [1.29, 1.82) is 0 Å². The van der Waals surface area contributed by atoms with E-state index < -0.39 is 5.41 Å². The van der Waals surface area contributed by atoms with Gasteiger partial charge in [-0.3, -0.25) is 9.59 Å². The maximum atomic E-state index is 11.9. The van der Waals surface area contributed by atoms with Gasteiger partial charge in [0.05, 0.1) is 6.42 Å². The Kier molecular flexibility index (Phi) is 5.42. The van der Waals surface area contributed by atoms with E-state index in [-0.39, 0.29) is 31.1 Å². The Bertz CT molecular complexity index is 592. The molecule has 1 N–H and O–H groups in total. The average Bonchev–Trinajstić information content (AvgIpc) is 2.55. The van der Waals surface area contributed by atoms with E-state index in [0.29, 0.717) is 18.6 Å². The van der Waals surface area contributed by atoms with Crippen LogP contribution in [0.2, 0.25) is 0 Å². The van der Waals surface area contributed by atoms with Gasteiger partial charge in [0.1, 0.15) is 17.8 Å². The van der Waals surface area contributed by atoms with Crippen LogP contribution in [0.3, 0.4) is 0 Å². The number of β-lactam (4-membered cyclic amide) rings is 1. The van der Waals surface area contributed by atoms with Crippen LogP contribution >= 0.6 is 0 Å². The molecule has 1 saturated heterocycles. The number of hydrogen-bond acceptors (Lipinski definition) is 4. The first kappa shape index (κ1) is 17.1. The van der Waals surface area contributed by atoms with Gasteiger partial charge in [0.2, 0.25) is 5.91 Å². The Balaban J connectivity index is 2.10. The van der Waals surface area contributed by atoms with Crippen molar-refractivity contribution >= 4 is 11.9 Å². The third-order valence-corrected chi connectivity index (χ3v) is 4.39. The molecule has 0 aliphatic carbocycles. The molecule has 1 unspecified atom stereocenters. The van der Waals surface area contributed by atoms with Gasteiger partial charge in [-0.1, -0.05) is 44.7 Å². The molecule has 0 bridgehead atoms. The smallest absolute Gasteiger partial charge is 0.310 e. The second kappa shape index (κ2) is 7.31. The van der Waals surface area contributed by atoms with Gasteiger partial charge in [-0.25, -0.2) is 0 Å². The lowest BCUT2D eigenvalue weighted by atomic mass is 9.73. The quantitative estimate of drug-likeness (QED) is 0.455. The molecule has 0 radical (unpaired) electrons. The summed E-state index contributed by atoms with van der Waals surface area (Å²) in [4.78, 5) is 23.7. The number of nitrogens with one attached hydrogen (secondary N) is 1. The van der Waals surface area contributed by atoms with Crippen molar-refractivity contribution in [2.24, 2.45) is 5.41 Å². The van der Waals surface area contributed by atoms with Crippen LogP contribution in [-0.4, -0.2) is 24.7 Å². The summed E-state index contributed by atoms with van der Waals surface area (Å²) >= 11 is 0. The maximum absolute atomic E-state index is 11.9. The first-order valence-electron chi connectivity index (χ1n) is 7.89. The van der Waals surface area contributed by atoms with Crippen molar-refractivity contribution in [3.8, 4) is 5.75 Å². The lowest BCUT2D eigenvalue weighted by Crippen LogP contribution is -2.69. The molecule has 1 aromatic rings. The van der Waals surface area contributed by atoms with Crippen LogP contribution in [0.25, 0.3) is 0 Å². The normalized spacial score (nSPS) is 18.5. The number of para-hydroxylation sites is 1. The standard InChI is InChI=1S/C18H23NO4/c1-4-11-22-15(20)12-13-9-7-8-10-14(13)23-17-18(5-2,6-3)16(21)19-17/h4,7-10,17H,1,5-6,11-12H2,2-3H3,(H,19,21). The van der Waals surface area contributed by atoms with E-state index in [2.05, 4.69) is 11.9 Å². The van der Waals surface area contributed by atoms with Gasteiger partial charge in [0.15, 0.2) is 6.23 Å². The van der Waals surface area contributed by atoms with Gasteiger partial charge in [0.25, 0.3) is 0 Å². The molecule has 5 nitrogen and oxygen atoms in total. The van der Waals surface area contributed by atoms with E-state index in [1.165, 1.54) is 6.08 Å². The number of carbonyl (C=O) groups is 2. The number of esters is 1. The van der Waals surface area contributed by atoms with Crippen molar-refractivity contribution in [2.75, 3.05) is 6.61 Å². The van der Waals surface area contributed by atoms with Crippen molar-refractivity contribution in [3.63, 3.8) is 0 Å². The Labute approximate surface area is 136 Å². The molecule has 0 aromatic heterocycles. The average molecular weight is 317 g/mol. The topological polar surface area (TPSA) is 64.6 Å². The molecule has 0 spiro atoms. The van der Waals surface area contributed by atoms with Crippen LogP contribution < -0.4 is 10.1 Å². The Morgan fingerprint density at radius 3 is 2.65 bits per heavy atom. The fourth-order valence-corrected chi connectivity index (χ4v) is 2.78. The highest BCUT2D eigenvalue weighted by Crippen LogP contribution is 2.39. The van der Waals surface area contributed by atoms with E-state index in [9.17, 15) is 9.59 Å². The predicted molar refractivity (Wildman–Crippen MR) is 86.9 cm³/mol. The molecule has 1 fully saturated rings. The Morgan fingerprint density at radius 2 is 2.04 bits per heavy atom. The van der Waals surface area contributed by atoms with Gasteiger partial charge in [-0.05, 0) is 18.9 Å². The SMILES string of the molecule is C=CCOC(=O)Cc1ccccc1OC1NC(=O)C1(CC)CC. The van der Waals surface area contributed by atoms with Gasteiger partial charge in [-0.15, -0.1) is 0 Å². The summed E-state index contributed by atoms with van der Waals surface area (Å²) in [6.45, 7) is 7.67. The van der Waals surface area contributed by atoms with Crippen LogP contribution in [-0.2, 0) is 20.7 Å². The summed E-state index contributed by atoms with van der Waals surface area (Å²) in [6, 6.07) is 7.31. The molecule has 1 heterocycles. The highest BCUT2D eigenvalue weighted by Gasteiger charge is 2.54. The molecule has 124 valence electrons. The van der Waals surface area contributed by atoms with Crippen LogP contribution in [0.5, 0.6) is 5.75 Å². The second-order valence-corrected chi connectivity index (χ2v) is 5.59. The van der Waals surface area contributed by atoms with E-state index in [0.717, 1.165) is 5.56 Å². The molecule has 2 rings (SSSR count). The third-order valence-electron chi connectivity index (χ3n) is 4.39. The molecule has 1 aromatic carbocycles. The van der Waals surface area contributed by atoms with Gasteiger partial charge >= 0.3 is 5.97 Å². The fraction of sp³-hybridized carbons (Fsp3) is 0.444. The molecule has 1 amide bonds. The maximum Gasteiger partial charge on any atom is 0.310 e. The lowest BCUT2D eigenvalue weighted by molar-refractivity contribution is -0.162. The fourth-order valence-electron chi connectivity index (χ4n) is 2.78.